The van der Waals surface area contributed by atoms with Crippen LogP contribution in [-0.2, 0) is 17.6 Å². The van der Waals surface area contributed by atoms with Crippen molar-refractivity contribution >= 4 is 5.91 Å². The van der Waals surface area contributed by atoms with Crippen LogP contribution in [0.15, 0.2) is 48.5 Å². The highest BCUT2D eigenvalue weighted by Crippen LogP contribution is 2.14. The van der Waals surface area contributed by atoms with Crippen molar-refractivity contribution in [2.24, 2.45) is 11.5 Å². The molecule has 0 radical (unpaired) electrons. The first-order valence-corrected chi connectivity index (χ1v) is 8.60. The Hall–Kier alpha value is -2.24. The van der Waals surface area contributed by atoms with Crippen LogP contribution in [0.25, 0.3) is 0 Å². The van der Waals surface area contributed by atoms with E-state index in [2.05, 4.69) is 5.32 Å². The van der Waals surface area contributed by atoms with E-state index >= 15 is 0 Å². The molecular formula is C20H26FN3O. The zero-order valence-corrected chi connectivity index (χ0v) is 14.5. The molecule has 0 fully saturated rings. The molecule has 2 aromatic carbocycles. The van der Waals surface area contributed by atoms with Gasteiger partial charge in [-0.15, -0.1) is 0 Å². The molecule has 5 N–H and O–H groups in total. The molecule has 2 rings (SSSR count). The van der Waals surface area contributed by atoms with Gasteiger partial charge in [-0.2, -0.15) is 0 Å². The second kappa shape index (κ2) is 9.30. The van der Waals surface area contributed by atoms with Crippen LogP contribution in [0, 0.1) is 5.82 Å². The Morgan fingerprint density at radius 3 is 2.36 bits per heavy atom. The molecular weight excluding hydrogens is 317 g/mol. The van der Waals surface area contributed by atoms with Crippen molar-refractivity contribution in [1.29, 1.82) is 0 Å². The third-order valence-electron chi connectivity index (χ3n) is 4.31. The number of nitrogens with two attached hydrogens (primary N) is 2. The van der Waals surface area contributed by atoms with Crippen LogP contribution in [0.3, 0.4) is 0 Å². The van der Waals surface area contributed by atoms with Gasteiger partial charge in [-0.05, 0) is 55.4 Å². The zero-order valence-electron chi connectivity index (χ0n) is 14.5. The van der Waals surface area contributed by atoms with Crippen molar-refractivity contribution in [3.8, 4) is 0 Å². The lowest BCUT2D eigenvalue weighted by atomic mass is 10.0. The van der Waals surface area contributed by atoms with Crippen LogP contribution in [0.1, 0.15) is 42.6 Å². The van der Waals surface area contributed by atoms with Gasteiger partial charge >= 0.3 is 0 Å². The van der Waals surface area contributed by atoms with E-state index in [-0.39, 0.29) is 5.82 Å². The van der Waals surface area contributed by atoms with Crippen molar-refractivity contribution in [3.63, 3.8) is 0 Å². The summed E-state index contributed by atoms with van der Waals surface area (Å²) in [6.45, 7) is 1.69. The predicted molar refractivity (Wildman–Crippen MR) is 98.2 cm³/mol. The third kappa shape index (κ3) is 5.96. The van der Waals surface area contributed by atoms with E-state index in [9.17, 15) is 9.18 Å². The first-order valence-electron chi connectivity index (χ1n) is 8.60. The molecule has 0 spiro atoms. The number of hydrogen-bond acceptors (Lipinski definition) is 3. The minimum atomic E-state index is -0.479. The first kappa shape index (κ1) is 19.1. The maximum absolute atomic E-state index is 13.6. The second-order valence-corrected chi connectivity index (χ2v) is 6.31. The fourth-order valence-corrected chi connectivity index (χ4v) is 2.69. The topological polar surface area (TPSA) is 81.1 Å². The lowest BCUT2D eigenvalue weighted by molar-refractivity contribution is -0.119. The minimum Gasteiger partial charge on any atom is -0.368 e. The fourth-order valence-electron chi connectivity index (χ4n) is 2.69. The molecule has 2 unspecified atom stereocenters. The van der Waals surface area contributed by atoms with Crippen LogP contribution in [-0.4, -0.2) is 11.9 Å². The monoisotopic (exact) mass is 343 g/mol. The number of aryl methyl sites for hydroxylation is 2. The summed E-state index contributed by atoms with van der Waals surface area (Å²) < 4.78 is 13.6. The number of carbonyl (C=O) groups is 1. The summed E-state index contributed by atoms with van der Waals surface area (Å²) in [7, 11) is 0. The molecule has 5 heteroatoms. The van der Waals surface area contributed by atoms with Gasteiger partial charge in [0.25, 0.3) is 0 Å². The molecule has 4 nitrogen and oxygen atoms in total. The lowest BCUT2D eigenvalue weighted by Crippen LogP contribution is -2.43. The minimum absolute atomic E-state index is 0.126. The summed E-state index contributed by atoms with van der Waals surface area (Å²) in [5.74, 6) is -0.555. The van der Waals surface area contributed by atoms with E-state index in [1.54, 1.807) is 13.0 Å². The molecule has 134 valence electrons. The summed E-state index contributed by atoms with van der Waals surface area (Å²) in [5, 5.41) is 2.96. The van der Waals surface area contributed by atoms with E-state index in [1.807, 2.05) is 36.4 Å². The van der Waals surface area contributed by atoms with Gasteiger partial charge in [-0.1, -0.05) is 42.5 Å². The van der Waals surface area contributed by atoms with Gasteiger partial charge in [-0.25, -0.2) is 4.39 Å². The summed E-state index contributed by atoms with van der Waals surface area (Å²) in [6, 6.07) is 14.4. The number of halogens is 1. The fraction of sp³-hybridized carbons (Fsp3) is 0.350. The number of primary amides is 1. The van der Waals surface area contributed by atoms with Crippen LogP contribution in [0.2, 0.25) is 0 Å². The molecule has 0 aliphatic heterocycles. The smallest absolute Gasteiger partial charge is 0.234 e. The Bertz CT molecular complexity index is 688. The van der Waals surface area contributed by atoms with Crippen molar-refractivity contribution in [2.45, 2.75) is 44.8 Å². The van der Waals surface area contributed by atoms with Crippen LogP contribution < -0.4 is 16.8 Å². The predicted octanol–water partition coefficient (Wildman–Crippen LogP) is 2.81. The number of benzene rings is 2. The Morgan fingerprint density at radius 1 is 1.08 bits per heavy atom. The molecule has 0 aliphatic carbocycles. The quantitative estimate of drug-likeness (QED) is 0.484. The number of amides is 1. The molecule has 25 heavy (non-hydrogen) atoms. The summed E-state index contributed by atoms with van der Waals surface area (Å²) in [5.41, 5.74) is 14.2. The number of hydrogen-bond donors (Lipinski definition) is 3. The highest BCUT2D eigenvalue weighted by molar-refractivity contribution is 5.79. The Balaban J connectivity index is 1.78. The highest BCUT2D eigenvalue weighted by Gasteiger charge is 2.13. The van der Waals surface area contributed by atoms with Gasteiger partial charge in [0, 0.05) is 0 Å². The van der Waals surface area contributed by atoms with Gasteiger partial charge in [0.1, 0.15) is 5.82 Å². The molecule has 0 aliphatic rings. The molecule has 1 amide bonds. The SMILES string of the molecule is CC(NC(N)c1ccc(CCCCc2ccccc2F)cc1)C(N)=O. The average Bonchev–Trinajstić information content (AvgIpc) is 2.60. The summed E-state index contributed by atoms with van der Waals surface area (Å²) >= 11 is 0. The van der Waals surface area contributed by atoms with Gasteiger partial charge in [0.15, 0.2) is 0 Å². The summed E-state index contributed by atoms with van der Waals surface area (Å²) in [4.78, 5) is 11.1. The second-order valence-electron chi connectivity index (χ2n) is 6.31. The lowest BCUT2D eigenvalue weighted by Gasteiger charge is -2.18. The largest absolute Gasteiger partial charge is 0.368 e. The molecule has 0 bridgehead atoms. The van der Waals surface area contributed by atoms with Crippen molar-refractivity contribution < 1.29 is 9.18 Å². The standard InChI is InChI=1S/C20H26FN3O/c1-14(20(23)25)24-19(22)17-12-10-15(11-13-17)6-2-3-7-16-8-4-5-9-18(16)21/h4-5,8-14,19,24H,2-3,6-7,22H2,1H3,(H2,23,25). The van der Waals surface area contributed by atoms with Crippen LogP contribution in [0.5, 0.6) is 0 Å². The van der Waals surface area contributed by atoms with Gasteiger partial charge in [-0.3, -0.25) is 10.1 Å². The van der Waals surface area contributed by atoms with Crippen molar-refractivity contribution in [2.75, 3.05) is 0 Å². The van der Waals surface area contributed by atoms with E-state index < -0.39 is 18.1 Å². The number of unbranched alkanes of at least 4 members (excludes halogenated alkanes) is 1. The van der Waals surface area contributed by atoms with E-state index in [1.165, 1.54) is 11.6 Å². The molecule has 0 heterocycles. The maximum atomic E-state index is 13.6. The number of carbonyl (C=O) groups excluding carboxylic acids is 1. The van der Waals surface area contributed by atoms with E-state index in [4.69, 9.17) is 11.5 Å². The Kier molecular flexibility index (Phi) is 7.10. The number of rotatable bonds is 9. The molecule has 0 saturated heterocycles. The zero-order chi connectivity index (χ0) is 18.2. The average molecular weight is 343 g/mol. The van der Waals surface area contributed by atoms with E-state index in [0.717, 1.165) is 36.8 Å². The Labute approximate surface area is 148 Å². The first-order chi connectivity index (χ1) is 12.0. The summed E-state index contributed by atoms with van der Waals surface area (Å²) in [6.07, 6.45) is 3.20. The van der Waals surface area contributed by atoms with E-state index in [0.29, 0.717) is 0 Å². The van der Waals surface area contributed by atoms with Gasteiger partial charge in [0.2, 0.25) is 5.91 Å². The third-order valence-corrected chi connectivity index (χ3v) is 4.31. The molecule has 2 aromatic rings. The Morgan fingerprint density at radius 2 is 1.72 bits per heavy atom. The van der Waals surface area contributed by atoms with Gasteiger partial charge in [0.05, 0.1) is 12.2 Å². The van der Waals surface area contributed by atoms with Crippen molar-refractivity contribution in [3.05, 3.63) is 71.0 Å². The molecule has 0 saturated carbocycles. The van der Waals surface area contributed by atoms with Gasteiger partial charge < -0.3 is 11.5 Å². The molecule has 0 aromatic heterocycles. The van der Waals surface area contributed by atoms with Crippen molar-refractivity contribution in [1.82, 2.24) is 5.32 Å². The highest BCUT2D eigenvalue weighted by atomic mass is 19.1. The van der Waals surface area contributed by atoms with Crippen LogP contribution in [0.4, 0.5) is 4.39 Å². The van der Waals surface area contributed by atoms with Crippen LogP contribution >= 0.6 is 0 Å². The number of nitrogens with one attached hydrogen (secondary N) is 1. The normalized spacial score (nSPS) is 13.4. The maximum Gasteiger partial charge on any atom is 0.234 e. The molecule has 2 atom stereocenters.